The van der Waals surface area contributed by atoms with Crippen molar-refractivity contribution in [1.29, 1.82) is 0 Å². The van der Waals surface area contributed by atoms with Crippen molar-refractivity contribution in [3.63, 3.8) is 0 Å². The first-order valence-corrected chi connectivity index (χ1v) is 23.5. The van der Waals surface area contributed by atoms with Gasteiger partial charge >= 0.3 is 11.9 Å². The van der Waals surface area contributed by atoms with Crippen molar-refractivity contribution in [2.24, 2.45) is 5.92 Å². The normalized spacial score (nSPS) is 18.8. The molecule has 2 aromatic rings. The van der Waals surface area contributed by atoms with Crippen molar-refractivity contribution >= 4 is 43.0 Å². The number of hydrogen-bond acceptors (Lipinski definition) is 8. The Kier molecular flexibility index (Phi) is 9.32. The molecular weight excluding hydrogens is 561 g/mol. The highest BCUT2D eigenvalue weighted by Gasteiger charge is 2.47. The lowest BCUT2D eigenvalue weighted by molar-refractivity contribution is -0.143. The number of ether oxygens (including phenoxy) is 3. The van der Waals surface area contributed by atoms with E-state index in [1.165, 1.54) is 0 Å². The molecule has 0 spiro atoms. The van der Waals surface area contributed by atoms with E-state index in [-0.39, 0.29) is 5.57 Å². The molecule has 0 saturated carbocycles. The second kappa shape index (κ2) is 11.8. The van der Waals surface area contributed by atoms with E-state index in [1.807, 2.05) is 31.8 Å². The summed E-state index contributed by atoms with van der Waals surface area (Å²) in [6, 6.07) is 10.8. The van der Waals surface area contributed by atoms with E-state index >= 15 is 0 Å². The fourth-order valence-electron chi connectivity index (χ4n) is 4.21. The number of esters is 1. The Labute approximate surface area is 241 Å². The molecule has 0 N–H and O–H groups in total. The molecule has 2 aromatic carbocycles. The summed E-state index contributed by atoms with van der Waals surface area (Å²) in [6.07, 6.45) is 0.785. The Morgan fingerprint density at radius 1 is 0.750 bits per heavy atom. The van der Waals surface area contributed by atoms with Crippen molar-refractivity contribution in [3.05, 3.63) is 53.1 Å². The lowest BCUT2D eigenvalue weighted by Gasteiger charge is -2.25. The predicted molar refractivity (Wildman–Crippen MR) is 164 cm³/mol. The zero-order chi connectivity index (χ0) is 30.0. The maximum absolute atomic E-state index is 13.6. The quantitative estimate of drug-likeness (QED) is 0.167. The van der Waals surface area contributed by atoms with Gasteiger partial charge in [-0.2, -0.15) is 0 Å². The van der Waals surface area contributed by atoms with E-state index in [4.69, 9.17) is 27.5 Å². The second-order valence-corrected chi connectivity index (χ2v) is 26.0. The second-order valence-electron chi connectivity index (χ2n) is 12.7. The third-order valence-corrected chi connectivity index (χ3v) is 8.10. The van der Waals surface area contributed by atoms with Crippen molar-refractivity contribution in [1.82, 2.24) is 0 Å². The van der Waals surface area contributed by atoms with Gasteiger partial charge in [-0.15, -0.1) is 0 Å². The van der Waals surface area contributed by atoms with E-state index in [2.05, 4.69) is 39.3 Å². The molecule has 0 radical (unpaired) electrons. The van der Waals surface area contributed by atoms with Gasteiger partial charge in [0.1, 0.15) is 23.5 Å². The molecule has 218 valence electrons. The first-order chi connectivity index (χ1) is 18.4. The fraction of sp³-hybridized carbons (Fsp3) is 0.448. The summed E-state index contributed by atoms with van der Waals surface area (Å²) in [5.74, 6) is 0.268. The maximum atomic E-state index is 13.6. The summed E-state index contributed by atoms with van der Waals surface area (Å²) in [6.45, 7) is 18.3. The summed E-state index contributed by atoms with van der Waals surface area (Å²) in [7, 11) is -2.93. The molecule has 0 unspecified atom stereocenters. The summed E-state index contributed by atoms with van der Waals surface area (Å²) < 4.78 is 35.2. The van der Waals surface area contributed by atoms with Gasteiger partial charge in [0.25, 0.3) is 0 Å². The van der Waals surface area contributed by atoms with Crippen molar-refractivity contribution in [3.8, 4) is 23.0 Å². The highest BCUT2D eigenvalue weighted by atomic mass is 28.4. The smallest absolute Gasteiger partial charge is 0.335 e. The molecule has 1 aliphatic heterocycles. The number of benzene rings is 2. The number of carbonyl (C=O) groups is 2. The Morgan fingerprint density at radius 2 is 1.27 bits per heavy atom. The van der Waals surface area contributed by atoms with Gasteiger partial charge in [-0.25, -0.2) is 4.79 Å². The standard InChI is InChI=1S/C29H42O8Si3/c1-32-24-17-19(12-14-22(24)35-38(3,4)5)16-21-26(29(31)37-40(9,10)11)27(34-28(21)30)20-13-15-23(25(18-20)33-2)36-39(6,7)8/h12-18,26-27H,1-11H3/b21-16+/t26-,27+/m1/s1. The van der Waals surface area contributed by atoms with Gasteiger partial charge in [0.2, 0.25) is 25.0 Å². The molecule has 0 bridgehead atoms. The van der Waals surface area contributed by atoms with E-state index in [9.17, 15) is 9.59 Å². The number of rotatable bonds is 10. The summed E-state index contributed by atoms with van der Waals surface area (Å²) >= 11 is 0. The molecule has 0 amide bonds. The zero-order valence-electron chi connectivity index (χ0n) is 25.5. The SMILES string of the molecule is COc1cc(/C=C2/C(=O)O[C@@H](c3ccc(O[Si](C)(C)C)c(OC)c3)[C@@H]2C(=O)O[Si](C)(C)C)ccc1O[Si](C)(C)C. The van der Waals surface area contributed by atoms with Crippen LogP contribution in [0.3, 0.4) is 0 Å². The average Bonchev–Trinajstić information content (AvgIpc) is 3.13. The molecule has 0 aromatic heterocycles. The highest BCUT2D eigenvalue weighted by Crippen LogP contribution is 2.44. The third-order valence-electron chi connectivity index (χ3n) is 5.63. The van der Waals surface area contributed by atoms with Gasteiger partial charge in [-0.1, -0.05) is 12.1 Å². The molecule has 0 aliphatic carbocycles. The minimum absolute atomic E-state index is 0.218. The van der Waals surface area contributed by atoms with Gasteiger partial charge in [-0.3, -0.25) is 4.79 Å². The van der Waals surface area contributed by atoms with Crippen LogP contribution in [0.2, 0.25) is 58.9 Å². The van der Waals surface area contributed by atoms with Crippen LogP contribution in [0.4, 0.5) is 0 Å². The Balaban J connectivity index is 2.08. The topological polar surface area (TPSA) is 89.5 Å². The molecule has 11 heteroatoms. The monoisotopic (exact) mass is 602 g/mol. The van der Waals surface area contributed by atoms with Crippen molar-refractivity contribution < 1.29 is 37.1 Å². The van der Waals surface area contributed by atoms with Crippen LogP contribution in [-0.4, -0.2) is 51.1 Å². The third kappa shape index (κ3) is 8.24. The van der Waals surface area contributed by atoms with E-state index in [1.54, 1.807) is 44.6 Å². The number of hydrogen-bond donors (Lipinski definition) is 0. The Hall–Kier alpha value is -3.03. The largest absolute Gasteiger partial charge is 0.542 e. The Bertz CT molecular complexity index is 1290. The first kappa shape index (κ1) is 31.5. The van der Waals surface area contributed by atoms with Crippen LogP contribution in [-0.2, 0) is 18.8 Å². The van der Waals surface area contributed by atoms with Gasteiger partial charge in [-0.05, 0) is 100 Å². The van der Waals surface area contributed by atoms with Crippen LogP contribution < -0.4 is 18.3 Å². The molecule has 8 nitrogen and oxygen atoms in total. The molecular formula is C29H42O8Si3. The first-order valence-electron chi connectivity index (χ1n) is 13.3. The summed E-state index contributed by atoms with van der Waals surface area (Å²) in [5, 5.41) is 0. The number of methoxy groups -OCH3 is 2. The maximum Gasteiger partial charge on any atom is 0.335 e. The van der Waals surface area contributed by atoms with Crippen LogP contribution in [0.15, 0.2) is 42.0 Å². The van der Waals surface area contributed by atoms with E-state index < -0.39 is 48.9 Å². The van der Waals surface area contributed by atoms with Crippen LogP contribution >= 0.6 is 0 Å². The van der Waals surface area contributed by atoms with Gasteiger partial charge < -0.3 is 27.5 Å². The lowest BCUT2D eigenvalue weighted by atomic mass is 9.90. The summed E-state index contributed by atoms with van der Waals surface area (Å²) in [5.41, 5.74) is 1.51. The molecule has 40 heavy (non-hydrogen) atoms. The van der Waals surface area contributed by atoms with Crippen LogP contribution in [0.25, 0.3) is 6.08 Å². The zero-order valence-corrected chi connectivity index (χ0v) is 28.5. The fourth-order valence-corrected chi connectivity index (χ4v) is 6.60. The molecule has 1 aliphatic rings. The van der Waals surface area contributed by atoms with E-state index in [0.29, 0.717) is 34.1 Å². The van der Waals surface area contributed by atoms with Crippen molar-refractivity contribution in [2.75, 3.05) is 14.2 Å². The number of cyclic esters (lactones) is 1. The lowest BCUT2D eigenvalue weighted by Crippen LogP contribution is -2.34. The van der Waals surface area contributed by atoms with Crippen LogP contribution in [0, 0.1) is 5.92 Å². The number of carbonyl (C=O) groups excluding carboxylic acids is 2. The van der Waals surface area contributed by atoms with Gasteiger partial charge in [0, 0.05) is 0 Å². The predicted octanol–water partition coefficient (Wildman–Crippen LogP) is 6.81. The Morgan fingerprint density at radius 3 is 1.77 bits per heavy atom. The molecule has 3 rings (SSSR count). The van der Waals surface area contributed by atoms with Crippen molar-refractivity contribution in [2.45, 2.75) is 65.0 Å². The molecule has 1 heterocycles. The van der Waals surface area contributed by atoms with Crippen LogP contribution in [0.1, 0.15) is 17.2 Å². The molecule has 2 atom stereocenters. The summed E-state index contributed by atoms with van der Waals surface area (Å²) in [4.78, 5) is 26.9. The van der Waals surface area contributed by atoms with Gasteiger partial charge in [0.05, 0.1) is 19.8 Å². The minimum Gasteiger partial charge on any atom is -0.542 e. The highest BCUT2D eigenvalue weighted by molar-refractivity contribution is 6.71. The average molecular weight is 603 g/mol. The van der Waals surface area contributed by atoms with E-state index in [0.717, 1.165) is 0 Å². The van der Waals surface area contributed by atoms with Crippen LogP contribution in [0.5, 0.6) is 23.0 Å². The molecule has 1 fully saturated rings. The van der Waals surface area contributed by atoms with Gasteiger partial charge in [0.15, 0.2) is 11.5 Å². The molecule has 1 saturated heterocycles. The minimum atomic E-state index is -2.28.